The van der Waals surface area contributed by atoms with Crippen LogP contribution >= 0.6 is 0 Å². The lowest BCUT2D eigenvalue weighted by Crippen LogP contribution is -2.20. The summed E-state index contributed by atoms with van der Waals surface area (Å²) in [7, 11) is 0. The van der Waals surface area contributed by atoms with Crippen molar-refractivity contribution < 1.29 is 31.1 Å². The number of amides is 1. The van der Waals surface area contributed by atoms with Crippen molar-refractivity contribution in [1.82, 2.24) is 5.32 Å². The Bertz CT molecular complexity index is 512. The highest BCUT2D eigenvalue weighted by atomic mass is 19.4. The highest BCUT2D eigenvalue weighted by Gasteiger charge is 2.30. The van der Waals surface area contributed by atoms with Crippen molar-refractivity contribution in [3.63, 3.8) is 0 Å². The Morgan fingerprint density at radius 1 is 1.05 bits per heavy atom. The van der Waals surface area contributed by atoms with Gasteiger partial charge in [-0.3, -0.25) is 4.79 Å². The molecule has 0 unspecified atom stereocenters. The summed E-state index contributed by atoms with van der Waals surface area (Å²) in [5.74, 6) is -0.764. The van der Waals surface area contributed by atoms with Gasteiger partial charge in [-0.1, -0.05) is 12.1 Å². The van der Waals surface area contributed by atoms with Crippen LogP contribution in [0.4, 0.5) is 26.3 Å². The first kappa shape index (κ1) is 16.1. The maximum absolute atomic E-state index is 12.3. The maximum Gasteiger partial charge on any atom is 0.416 e. The molecule has 1 amide bonds. The highest BCUT2D eigenvalue weighted by molar-refractivity contribution is 5.85. The van der Waals surface area contributed by atoms with E-state index in [2.05, 4.69) is 0 Å². The van der Waals surface area contributed by atoms with Crippen LogP contribution in [0, 0.1) is 0 Å². The number of halogens is 6. The van der Waals surface area contributed by atoms with E-state index in [1.165, 1.54) is 0 Å². The Labute approximate surface area is 110 Å². The minimum Gasteiger partial charge on any atom is -0.326 e. The molecule has 1 aromatic rings. The van der Waals surface area contributed by atoms with Crippen molar-refractivity contribution in [2.45, 2.75) is 19.3 Å². The predicted octanol–water partition coefficient (Wildman–Crippen LogP) is 3.74. The fourth-order valence-electron chi connectivity index (χ4n) is 1.38. The zero-order valence-corrected chi connectivity index (χ0v) is 10.1. The summed E-state index contributed by atoms with van der Waals surface area (Å²) in [4.78, 5) is 10.8. The van der Waals surface area contributed by atoms with Gasteiger partial charge in [-0.2, -0.15) is 26.3 Å². The summed E-state index contributed by atoms with van der Waals surface area (Å²) in [5.41, 5.74) is -1.78. The minimum absolute atomic E-state index is 0.175. The molecule has 0 aliphatic heterocycles. The number of hydrogen-bond donors (Lipinski definition) is 1. The first-order valence-electron chi connectivity index (χ1n) is 5.24. The molecule has 0 bridgehead atoms. The molecule has 0 aromatic heterocycles. The van der Waals surface area contributed by atoms with Gasteiger partial charge in [0.15, 0.2) is 0 Å². The van der Waals surface area contributed by atoms with Crippen LogP contribution in [0.15, 0.2) is 30.3 Å². The van der Waals surface area contributed by atoms with Gasteiger partial charge in [-0.15, -0.1) is 0 Å². The fourth-order valence-corrected chi connectivity index (χ4v) is 1.38. The average molecular weight is 297 g/mol. The summed E-state index contributed by atoms with van der Waals surface area (Å²) < 4.78 is 73.9. The van der Waals surface area contributed by atoms with Gasteiger partial charge in [0.1, 0.15) is 0 Å². The number of allylic oxidation sites excluding steroid dienone is 1. The van der Waals surface area contributed by atoms with E-state index in [0.717, 1.165) is 19.1 Å². The average Bonchev–Trinajstić information content (AvgIpc) is 2.24. The molecule has 0 radical (unpaired) electrons. The van der Waals surface area contributed by atoms with E-state index < -0.39 is 29.5 Å². The standard InChI is InChI=1S/C12H9F6NO/c1-7(20)19-10(6-11(13,14)15)8-2-4-9(5-3-8)12(16,17)18/h2-6H,1H3,(H,19,20)/b10-6+. The van der Waals surface area contributed by atoms with Crippen LogP contribution in [0.25, 0.3) is 5.70 Å². The van der Waals surface area contributed by atoms with Crippen LogP contribution < -0.4 is 5.32 Å². The molecule has 0 aliphatic rings. The second-order valence-electron chi connectivity index (χ2n) is 3.86. The fraction of sp³-hybridized carbons (Fsp3) is 0.250. The summed E-state index contributed by atoms with van der Waals surface area (Å²) in [6.45, 7) is 0.994. The lowest BCUT2D eigenvalue weighted by molar-refractivity contribution is -0.137. The van der Waals surface area contributed by atoms with E-state index in [1.54, 1.807) is 0 Å². The Hall–Kier alpha value is -1.99. The van der Waals surface area contributed by atoms with Crippen LogP contribution in [-0.2, 0) is 11.0 Å². The van der Waals surface area contributed by atoms with Gasteiger partial charge in [0.05, 0.1) is 11.3 Å². The van der Waals surface area contributed by atoms with Crippen LogP contribution in [-0.4, -0.2) is 12.1 Å². The van der Waals surface area contributed by atoms with Crippen molar-refractivity contribution in [2.75, 3.05) is 0 Å². The van der Waals surface area contributed by atoms with E-state index in [9.17, 15) is 31.1 Å². The van der Waals surface area contributed by atoms with Gasteiger partial charge in [-0.25, -0.2) is 0 Å². The maximum atomic E-state index is 12.3. The number of carbonyl (C=O) groups excluding carboxylic acids is 1. The number of nitrogens with one attached hydrogen (secondary N) is 1. The Kier molecular flexibility index (Phi) is 4.46. The third kappa shape index (κ3) is 4.94. The van der Waals surface area contributed by atoms with Gasteiger partial charge in [0.2, 0.25) is 5.91 Å². The van der Waals surface area contributed by atoms with Crippen molar-refractivity contribution >= 4 is 11.6 Å². The molecule has 0 spiro atoms. The molecule has 0 atom stereocenters. The van der Waals surface area contributed by atoms with Gasteiger partial charge < -0.3 is 5.32 Å². The van der Waals surface area contributed by atoms with Crippen molar-refractivity contribution in [1.29, 1.82) is 0 Å². The van der Waals surface area contributed by atoms with Crippen LogP contribution in [0.5, 0.6) is 0 Å². The quantitative estimate of drug-likeness (QED) is 0.828. The molecule has 8 heteroatoms. The Balaban J connectivity index is 3.16. The zero-order chi connectivity index (χ0) is 15.6. The molecular formula is C12H9F6NO. The summed E-state index contributed by atoms with van der Waals surface area (Å²) in [6, 6.07) is 3.00. The molecule has 1 N–H and O–H groups in total. The predicted molar refractivity (Wildman–Crippen MR) is 59.3 cm³/mol. The van der Waals surface area contributed by atoms with Gasteiger partial charge >= 0.3 is 12.4 Å². The molecule has 0 fully saturated rings. The summed E-state index contributed by atoms with van der Waals surface area (Å²) in [6.07, 6.45) is -9.47. The van der Waals surface area contributed by atoms with E-state index in [1.807, 2.05) is 5.32 Å². The largest absolute Gasteiger partial charge is 0.416 e. The number of rotatable bonds is 2. The third-order valence-electron chi connectivity index (χ3n) is 2.14. The van der Waals surface area contributed by atoms with E-state index >= 15 is 0 Å². The Morgan fingerprint density at radius 3 is 1.90 bits per heavy atom. The smallest absolute Gasteiger partial charge is 0.326 e. The molecule has 0 saturated carbocycles. The van der Waals surface area contributed by atoms with Gasteiger partial charge in [0.25, 0.3) is 0 Å². The molecule has 2 nitrogen and oxygen atoms in total. The number of carbonyl (C=O) groups is 1. The van der Waals surface area contributed by atoms with Crippen molar-refractivity contribution in [3.8, 4) is 0 Å². The number of benzene rings is 1. The summed E-state index contributed by atoms with van der Waals surface area (Å²) >= 11 is 0. The molecular weight excluding hydrogens is 288 g/mol. The van der Waals surface area contributed by atoms with Crippen molar-refractivity contribution in [3.05, 3.63) is 41.5 Å². The molecule has 110 valence electrons. The second kappa shape index (κ2) is 5.56. The monoisotopic (exact) mass is 297 g/mol. The van der Waals surface area contributed by atoms with Gasteiger partial charge in [0, 0.05) is 13.0 Å². The molecule has 0 saturated heterocycles. The molecule has 0 heterocycles. The zero-order valence-electron chi connectivity index (χ0n) is 10.1. The van der Waals surface area contributed by atoms with Crippen LogP contribution in [0.3, 0.4) is 0 Å². The number of hydrogen-bond acceptors (Lipinski definition) is 1. The SMILES string of the molecule is CC(=O)N/C(=C/C(F)(F)F)c1ccc(C(F)(F)F)cc1. The normalized spacial score (nSPS) is 13.2. The molecule has 0 aliphatic carbocycles. The van der Waals surface area contributed by atoms with Crippen LogP contribution in [0.2, 0.25) is 0 Å². The molecule has 20 heavy (non-hydrogen) atoms. The first-order chi connectivity index (χ1) is 8.99. The number of alkyl halides is 6. The van der Waals surface area contributed by atoms with E-state index in [0.29, 0.717) is 12.1 Å². The Morgan fingerprint density at radius 2 is 1.55 bits per heavy atom. The summed E-state index contributed by atoms with van der Waals surface area (Å²) in [5, 5.41) is 1.93. The second-order valence-corrected chi connectivity index (χ2v) is 3.86. The van der Waals surface area contributed by atoms with Crippen molar-refractivity contribution in [2.24, 2.45) is 0 Å². The lowest BCUT2D eigenvalue weighted by atomic mass is 10.1. The van der Waals surface area contributed by atoms with E-state index in [-0.39, 0.29) is 11.6 Å². The highest BCUT2D eigenvalue weighted by Crippen LogP contribution is 2.30. The molecule has 1 rings (SSSR count). The third-order valence-corrected chi connectivity index (χ3v) is 2.14. The topological polar surface area (TPSA) is 29.1 Å². The first-order valence-corrected chi connectivity index (χ1v) is 5.24. The van der Waals surface area contributed by atoms with Gasteiger partial charge in [-0.05, 0) is 17.7 Å². The minimum atomic E-state index is -4.71. The van der Waals surface area contributed by atoms with Crippen LogP contribution in [0.1, 0.15) is 18.1 Å². The van der Waals surface area contributed by atoms with E-state index in [4.69, 9.17) is 0 Å². The molecule has 1 aromatic carbocycles. The lowest BCUT2D eigenvalue weighted by Gasteiger charge is -2.12.